The van der Waals surface area contributed by atoms with Gasteiger partial charge >= 0.3 is 0 Å². The van der Waals surface area contributed by atoms with Crippen molar-refractivity contribution in [2.75, 3.05) is 33.8 Å². The molecule has 0 aliphatic carbocycles. The first-order valence-electron chi connectivity index (χ1n) is 8.66. The quantitative estimate of drug-likeness (QED) is 0.863. The number of hydrogen-bond acceptors (Lipinski definition) is 4. The molecule has 1 fully saturated rings. The Morgan fingerprint density at radius 1 is 1.40 bits per heavy atom. The van der Waals surface area contributed by atoms with Crippen molar-refractivity contribution in [3.8, 4) is 5.75 Å². The van der Waals surface area contributed by atoms with E-state index in [4.69, 9.17) is 4.74 Å². The Labute approximate surface area is 148 Å². The summed E-state index contributed by atoms with van der Waals surface area (Å²) in [6.45, 7) is 2.22. The highest BCUT2D eigenvalue weighted by atomic mass is 16.5. The number of carbonyl (C=O) groups excluding carboxylic acids is 1. The Hall–Kier alpha value is -2.34. The zero-order valence-electron chi connectivity index (χ0n) is 15.1. The largest absolute Gasteiger partial charge is 0.496 e. The first kappa shape index (κ1) is 17.5. The maximum Gasteiger partial charge on any atom is 0.227 e. The first-order chi connectivity index (χ1) is 12.1. The number of nitrogens with one attached hydrogen (secondary N) is 1. The van der Waals surface area contributed by atoms with Crippen LogP contribution in [0.25, 0.3) is 0 Å². The Kier molecular flexibility index (Phi) is 5.38. The Balaban J connectivity index is 1.63. The van der Waals surface area contributed by atoms with Gasteiger partial charge in [0.05, 0.1) is 19.2 Å². The summed E-state index contributed by atoms with van der Waals surface area (Å²) in [4.78, 5) is 14.8. The van der Waals surface area contributed by atoms with Crippen LogP contribution in [-0.2, 0) is 18.3 Å². The van der Waals surface area contributed by atoms with Crippen molar-refractivity contribution in [1.29, 1.82) is 0 Å². The number of ether oxygens (including phenoxy) is 1. The summed E-state index contributed by atoms with van der Waals surface area (Å²) in [6.07, 6.45) is 4.66. The van der Waals surface area contributed by atoms with Crippen molar-refractivity contribution in [3.05, 3.63) is 47.8 Å². The van der Waals surface area contributed by atoms with E-state index in [1.807, 2.05) is 55.7 Å². The van der Waals surface area contributed by atoms with E-state index < -0.39 is 0 Å². The normalized spacial score (nSPS) is 19.8. The standard InChI is InChI=1S/C19H26N4O2/c1-22(9-8-14-6-4-5-7-18(14)25-3)19(24)17-12-20-11-16(17)15-10-21-23(2)13-15/h4-7,10,13,16-17,20H,8-9,11-12H2,1-3H3/t16-,17+/m1/s1. The SMILES string of the molecule is COc1ccccc1CCN(C)C(=O)[C@H]1CNC[C@@H]1c1cnn(C)c1. The van der Waals surface area contributed by atoms with Crippen LogP contribution in [0.5, 0.6) is 5.75 Å². The van der Waals surface area contributed by atoms with Crippen LogP contribution < -0.4 is 10.1 Å². The number of amides is 1. The fourth-order valence-electron chi connectivity index (χ4n) is 3.51. The zero-order valence-corrected chi connectivity index (χ0v) is 15.1. The van der Waals surface area contributed by atoms with Gasteiger partial charge in [-0.1, -0.05) is 18.2 Å². The monoisotopic (exact) mass is 342 g/mol. The molecule has 1 saturated heterocycles. The summed E-state index contributed by atoms with van der Waals surface area (Å²) in [6, 6.07) is 7.96. The Morgan fingerprint density at radius 3 is 2.92 bits per heavy atom. The van der Waals surface area contributed by atoms with Gasteiger partial charge in [0, 0.05) is 45.8 Å². The van der Waals surface area contributed by atoms with E-state index in [2.05, 4.69) is 10.4 Å². The topological polar surface area (TPSA) is 59.4 Å². The third-order valence-corrected chi connectivity index (χ3v) is 4.97. The van der Waals surface area contributed by atoms with Gasteiger partial charge in [-0.15, -0.1) is 0 Å². The van der Waals surface area contributed by atoms with E-state index in [9.17, 15) is 4.79 Å². The van der Waals surface area contributed by atoms with Crippen LogP contribution in [0.4, 0.5) is 0 Å². The van der Waals surface area contributed by atoms with E-state index in [1.165, 1.54) is 0 Å². The van der Waals surface area contributed by atoms with Crippen molar-refractivity contribution < 1.29 is 9.53 Å². The van der Waals surface area contributed by atoms with E-state index >= 15 is 0 Å². The number of hydrogen-bond donors (Lipinski definition) is 1. The summed E-state index contributed by atoms with van der Waals surface area (Å²) in [7, 11) is 5.47. The minimum atomic E-state index is -0.0353. The van der Waals surface area contributed by atoms with Crippen LogP contribution in [0.3, 0.4) is 0 Å². The summed E-state index contributed by atoms with van der Waals surface area (Å²) in [5.41, 5.74) is 2.25. The first-order valence-corrected chi connectivity index (χ1v) is 8.66. The molecule has 6 nitrogen and oxygen atoms in total. The molecule has 1 aromatic heterocycles. The Morgan fingerprint density at radius 2 is 2.20 bits per heavy atom. The van der Waals surface area contributed by atoms with Crippen molar-refractivity contribution in [3.63, 3.8) is 0 Å². The zero-order chi connectivity index (χ0) is 17.8. The Bertz CT molecular complexity index is 728. The summed E-state index contributed by atoms with van der Waals surface area (Å²) < 4.78 is 7.18. The number of rotatable bonds is 6. The van der Waals surface area contributed by atoms with E-state index in [0.29, 0.717) is 6.54 Å². The van der Waals surface area contributed by atoms with Gasteiger partial charge in [-0.05, 0) is 23.6 Å². The van der Waals surface area contributed by atoms with Gasteiger partial charge in [0.2, 0.25) is 5.91 Å². The second-order valence-corrected chi connectivity index (χ2v) is 6.64. The van der Waals surface area contributed by atoms with Crippen molar-refractivity contribution in [2.45, 2.75) is 12.3 Å². The fourth-order valence-corrected chi connectivity index (χ4v) is 3.51. The van der Waals surface area contributed by atoms with Crippen LogP contribution in [0, 0.1) is 5.92 Å². The van der Waals surface area contributed by atoms with Gasteiger partial charge in [0.15, 0.2) is 0 Å². The smallest absolute Gasteiger partial charge is 0.227 e. The fraction of sp³-hybridized carbons (Fsp3) is 0.474. The number of carbonyl (C=O) groups is 1. The molecule has 0 spiro atoms. The molecule has 25 heavy (non-hydrogen) atoms. The predicted molar refractivity (Wildman–Crippen MR) is 96.6 cm³/mol. The second kappa shape index (κ2) is 7.70. The minimum Gasteiger partial charge on any atom is -0.496 e. The lowest BCUT2D eigenvalue weighted by molar-refractivity contribution is -0.134. The molecule has 134 valence electrons. The molecule has 0 saturated carbocycles. The van der Waals surface area contributed by atoms with E-state index in [-0.39, 0.29) is 17.7 Å². The number of methoxy groups -OCH3 is 1. The highest BCUT2D eigenvalue weighted by Crippen LogP contribution is 2.29. The molecule has 2 heterocycles. The van der Waals surface area contributed by atoms with Crippen molar-refractivity contribution in [2.24, 2.45) is 13.0 Å². The van der Waals surface area contributed by atoms with Crippen LogP contribution in [0.1, 0.15) is 17.0 Å². The van der Waals surface area contributed by atoms with Crippen molar-refractivity contribution >= 4 is 5.91 Å². The molecule has 2 atom stereocenters. The van der Waals surface area contributed by atoms with E-state index in [1.54, 1.807) is 11.8 Å². The number of benzene rings is 1. The van der Waals surface area contributed by atoms with Gasteiger partial charge in [0.25, 0.3) is 0 Å². The summed E-state index contributed by atoms with van der Waals surface area (Å²) in [5.74, 6) is 1.22. The second-order valence-electron chi connectivity index (χ2n) is 6.64. The third-order valence-electron chi connectivity index (χ3n) is 4.97. The van der Waals surface area contributed by atoms with Crippen molar-refractivity contribution in [1.82, 2.24) is 20.0 Å². The average Bonchev–Trinajstić information content (AvgIpc) is 3.27. The maximum atomic E-state index is 12.9. The summed E-state index contributed by atoms with van der Waals surface area (Å²) in [5, 5.41) is 7.60. The van der Waals surface area contributed by atoms with Gasteiger partial charge < -0.3 is 15.0 Å². The lowest BCUT2D eigenvalue weighted by Crippen LogP contribution is -2.37. The molecule has 0 bridgehead atoms. The molecule has 1 aromatic carbocycles. The molecule has 0 radical (unpaired) electrons. The lowest BCUT2D eigenvalue weighted by Gasteiger charge is -2.24. The molecule has 1 aliphatic heterocycles. The minimum absolute atomic E-state index is 0.0353. The third kappa shape index (κ3) is 3.85. The molecule has 2 aromatic rings. The van der Waals surface area contributed by atoms with Crippen LogP contribution in [0.2, 0.25) is 0 Å². The molecule has 1 amide bonds. The lowest BCUT2D eigenvalue weighted by atomic mass is 9.90. The summed E-state index contributed by atoms with van der Waals surface area (Å²) >= 11 is 0. The number of aromatic nitrogens is 2. The number of nitrogens with zero attached hydrogens (tertiary/aromatic N) is 3. The molecule has 6 heteroatoms. The molecule has 3 rings (SSSR count). The van der Waals surface area contributed by atoms with Gasteiger partial charge in [-0.25, -0.2) is 0 Å². The molecule has 1 aliphatic rings. The van der Waals surface area contributed by atoms with Gasteiger partial charge in [-0.3, -0.25) is 9.48 Å². The predicted octanol–water partition coefficient (Wildman–Crippen LogP) is 1.43. The van der Waals surface area contributed by atoms with Gasteiger partial charge in [0.1, 0.15) is 5.75 Å². The average molecular weight is 342 g/mol. The van der Waals surface area contributed by atoms with Crippen LogP contribution >= 0.6 is 0 Å². The molecular weight excluding hydrogens is 316 g/mol. The number of likely N-dealkylation sites (N-methyl/N-ethyl adjacent to an activating group) is 1. The maximum absolute atomic E-state index is 12.9. The van der Waals surface area contributed by atoms with E-state index in [0.717, 1.165) is 36.4 Å². The molecule has 1 N–H and O–H groups in total. The number of aryl methyl sites for hydroxylation is 1. The molecule has 0 unspecified atom stereocenters. The number of para-hydroxylation sites is 1. The van der Waals surface area contributed by atoms with Crippen LogP contribution in [0.15, 0.2) is 36.7 Å². The highest BCUT2D eigenvalue weighted by molar-refractivity contribution is 5.80. The van der Waals surface area contributed by atoms with Gasteiger partial charge in [-0.2, -0.15) is 5.10 Å². The molecular formula is C19H26N4O2. The highest BCUT2D eigenvalue weighted by Gasteiger charge is 2.36. The van der Waals surface area contributed by atoms with Crippen LogP contribution in [-0.4, -0.2) is 54.4 Å².